The van der Waals surface area contributed by atoms with Crippen molar-refractivity contribution >= 4 is 43.8 Å². The van der Waals surface area contributed by atoms with E-state index in [1.165, 1.54) is 27.8 Å². The number of anilines is 1. The van der Waals surface area contributed by atoms with Crippen molar-refractivity contribution in [1.29, 1.82) is 0 Å². The number of ether oxygens (including phenoxy) is 1. The molecule has 2 heterocycles. The van der Waals surface area contributed by atoms with E-state index in [4.69, 9.17) is 21.3 Å². The number of thiazole rings is 1. The SMILES string of the molecule is COc1ccc(Cc2csc(N3CCN(S(=O)(=O)c4ccc(Cl)c([N+](=O)[O-])c4)CC3)n2)cc1. The molecule has 0 aliphatic carbocycles. The second kappa shape index (κ2) is 9.64. The first-order chi connectivity index (χ1) is 15.8. The van der Waals surface area contributed by atoms with Crippen LogP contribution in [-0.4, -0.2) is 55.9 Å². The molecule has 4 rings (SSSR count). The van der Waals surface area contributed by atoms with Crippen LogP contribution in [-0.2, 0) is 16.4 Å². The van der Waals surface area contributed by atoms with E-state index in [2.05, 4.69) is 4.90 Å². The topological polar surface area (TPSA) is 106 Å². The van der Waals surface area contributed by atoms with Gasteiger partial charge in [-0.2, -0.15) is 4.31 Å². The Balaban J connectivity index is 1.40. The molecule has 1 aromatic heterocycles. The van der Waals surface area contributed by atoms with Gasteiger partial charge in [0.05, 0.1) is 22.6 Å². The third-order valence-electron chi connectivity index (χ3n) is 5.35. The summed E-state index contributed by atoms with van der Waals surface area (Å²) < 4.78 is 32.5. The molecule has 12 heteroatoms. The number of piperazine rings is 1. The zero-order valence-corrected chi connectivity index (χ0v) is 20.1. The van der Waals surface area contributed by atoms with Crippen molar-refractivity contribution < 1.29 is 18.1 Å². The van der Waals surface area contributed by atoms with Crippen molar-refractivity contribution in [2.75, 3.05) is 38.2 Å². The highest BCUT2D eigenvalue weighted by Crippen LogP contribution is 2.30. The number of sulfonamides is 1. The molecule has 0 amide bonds. The van der Waals surface area contributed by atoms with Crippen molar-refractivity contribution in [3.05, 3.63) is 74.2 Å². The van der Waals surface area contributed by atoms with E-state index < -0.39 is 20.6 Å². The summed E-state index contributed by atoms with van der Waals surface area (Å²) >= 11 is 7.34. The van der Waals surface area contributed by atoms with Gasteiger partial charge in [-0.05, 0) is 29.8 Å². The molecule has 0 spiro atoms. The van der Waals surface area contributed by atoms with Gasteiger partial charge in [-0.1, -0.05) is 23.7 Å². The molecule has 9 nitrogen and oxygen atoms in total. The molecule has 1 saturated heterocycles. The van der Waals surface area contributed by atoms with E-state index in [-0.39, 0.29) is 23.0 Å². The number of nitrogens with zero attached hydrogens (tertiary/aromatic N) is 4. The van der Waals surface area contributed by atoms with Crippen molar-refractivity contribution in [1.82, 2.24) is 9.29 Å². The van der Waals surface area contributed by atoms with Gasteiger partial charge in [-0.15, -0.1) is 11.3 Å². The predicted molar refractivity (Wildman–Crippen MR) is 127 cm³/mol. The fraction of sp³-hybridized carbons (Fsp3) is 0.286. The maximum Gasteiger partial charge on any atom is 0.289 e. The van der Waals surface area contributed by atoms with Gasteiger partial charge in [0, 0.05) is 44.0 Å². The minimum Gasteiger partial charge on any atom is -0.497 e. The van der Waals surface area contributed by atoms with Crippen molar-refractivity contribution in [3.63, 3.8) is 0 Å². The van der Waals surface area contributed by atoms with Crippen molar-refractivity contribution in [2.24, 2.45) is 0 Å². The van der Waals surface area contributed by atoms with Crippen LogP contribution in [0, 0.1) is 10.1 Å². The predicted octanol–water partition coefficient (Wildman–Crippen LogP) is 3.82. The Morgan fingerprint density at radius 1 is 1.15 bits per heavy atom. The number of nitro groups is 1. The van der Waals surface area contributed by atoms with E-state index in [1.54, 1.807) is 7.11 Å². The largest absolute Gasteiger partial charge is 0.497 e. The minimum absolute atomic E-state index is 0.0991. The summed E-state index contributed by atoms with van der Waals surface area (Å²) in [4.78, 5) is 17.1. The number of hydrogen-bond acceptors (Lipinski definition) is 8. The number of benzene rings is 2. The molecular weight excluding hydrogens is 488 g/mol. The Kier molecular flexibility index (Phi) is 6.84. The van der Waals surface area contributed by atoms with E-state index in [1.807, 2.05) is 29.6 Å². The Bertz CT molecular complexity index is 1260. The van der Waals surface area contributed by atoms with Crippen molar-refractivity contribution in [2.45, 2.75) is 11.3 Å². The second-order valence-corrected chi connectivity index (χ2v) is 10.6. The molecule has 0 saturated carbocycles. The van der Waals surface area contributed by atoms with E-state index >= 15 is 0 Å². The fourth-order valence-corrected chi connectivity index (χ4v) is 6.05. The molecule has 0 atom stereocenters. The van der Waals surface area contributed by atoms with E-state index in [0.717, 1.165) is 28.2 Å². The van der Waals surface area contributed by atoms with Crippen LogP contribution < -0.4 is 9.64 Å². The third kappa shape index (κ3) is 5.11. The average Bonchev–Trinajstić information content (AvgIpc) is 3.28. The van der Waals surface area contributed by atoms with Crippen LogP contribution in [0.2, 0.25) is 5.02 Å². The van der Waals surface area contributed by atoms with Gasteiger partial charge in [0.1, 0.15) is 10.8 Å². The maximum absolute atomic E-state index is 13.0. The van der Waals surface area contributed by atoms with Crippen LogP contribution in [0.25, 0.3) is 0 Å². The molecule has 33 heavy (non-hydrogen) atoms. The summed E-state index contributed by atoms with van der Waals surface area (Å²) in [6.07, 6.45) is 0.699. The Labute approximate surface area is 200 Å². The fourth-order valence-electron chi connectivity index (χ4n) is 3.54. The smallest absolute Gasteiger partial charge is 0.289 e. The van der Waals surface area contributed by atoms with Crippen LogP contribution in [0.4, 0.5) is 10.8 Å². The first kappa shape index (κ1) is 23.4. The lowest BCUT2D eigenvalue weighted by molar-refractivity contribution is -0.384. The zero-order valence-electron chi connectivity index (χ0n) is 17.7. The lowest BCUT2D eigenvalue weighted by atomic mass is 10.1. The van der Waals surface area contributed by atoms with E-state index in [9.17, 15) is 18.5 Å². The highest BCUT2D eigenvalue weighted by molar-refractivity contribution is 7.89. The number of methoxy groups -OCH3 is 1. The number of nitro benzene ring substituents is 1. The lowest BCUT2D eigenvalue weighted by Crippen LogP contribution is -2.48. The summed E-state index contributed by atoms with van der Waals surface area (Å²) in [6, 6.07) is 11.4. The quantitative estimate of drug-likeness (QED) is 0.353. The average molecular weight is 509 g/mol. The normalized spacial score (nSPS) is 14.9. The van der Waals surface area contributed by atoms with Gasteiger partial charge in [0.25, 0.3) is 5.69 Å². The highest BCUT2D eigenvalue weighted by atomic mass is 35.5. The standard InChI is InChI=1S/C21H21ClN4O5S2/c1-31-17-4-2-15(3-5-17)12-16-14-32-21(23-16)24-8-10-25(11-9-24)33(29,30)18-6-7-19(22)20(13-18)26(27)28/h2-7,13-14H,8-12H2,1H3. The second-order valence-electron chi connectivity index (χ2n) is 7.41. The summed E-state index contributed by atoms with van der Waals surface area (Å²) in [5.41, 5.74) is 1.65. The first-order valence-electron chi connectivity index (χ1n) is 10.0. The molecule has 174 valence electrons. The molecular formula is C21H21ClN4O5S2. The van der Waals surface area contributed by atoms with Crippen LogP contribution in [0.3, 0.4) is 0 Å². The minimum atomic E-state index is -3.87. The molecule has 2 aromatic carbocycles. The molecule has 1 aliphatic heterocycles. The van der Waals surface area contributed by atoms with Crippen LogP contribution in [0.1, 0.15) is 11.3 Å². The van der Waals surface area contributed by atoms with Gasteiger partial charge < -0.3 is 9.64 Å². The monoisotopic (exact) mass is 508 g/mol. The molecule has 3 aromatic rings. The molecule has 0 radical (unpaired) electrons. The molecule has 0 unspecified atom stereocenters. The number of halogens is 1. The van der Waals surface area contributed by atoms with Gasteiger partial charge >= 0.3 is 0 Å². The summed E-state index contributed by atoms with van der Waals surface area (Å²) in [7, 11) is -2.23. The number of rotatable bonds is 7. The van der Waals surface area contributed by atoms with Crippen LogP contribution in [0.15, 0.2) is 52.7 Å². The highest BCUT2D eigenvalue weighted by Gasteiger charge is 2.31. The maximum atomic E-state index is 13.0. The summed E-state index contributed by atoms with van der Waals surface area (Å²) in [5, 5.41) is 13.9. The molecule has 0 N–H and O–H groups in total. The number of aromatic nitrogens is 1. The lowest BCUT2D eigenvalue weighted by Gasteiger charge is -2.33. The zero-order chi connectivity index (χ0) is 23.6. The number of hydrogen-bond donors (Lipinski definition) is 0. The molecule has 1 fully saturated rings. The summed E-state index contributed by atoms with van der Waals surface area (Å²) in [5.74, 6) is 0.804. The van der Waals surface area contributed by atoms with Crippen molar-refractivity contribution in [3.8, 4) is 5.75 Å². The first-order valence-corrected chi connectivity index (χ1v) is 12.7. The summed E-state index contributed by atoms with van der Waals surface area (Å²) in [6.45, 7) is 1.47. The van der Waals surface area contributed by atoms with Gasteiger partial charge in [-0.25, -0.2) is 13.4 Å². The molecule has 1 aliphatic rings. The Hall–Kier alpha value is -2.73. The third-order valence-corrected chi connectivity index (χ3v) is 8.51. The van der Waals surface area contributed by atoms with E-state index in [0.29, 0.717) is 19.5 Å². The molecule has 0 bridgehead atoms. The van der Waals surface area contributed by atoms with Crippen LogP contribution in [0.5, 0.6) is 5.75 Å². The van der Waals surface area contributed by atoms with Gasteiger partial charge in [-0.3, -0.25) is 10.1 Å². The Morgan fingerprint density at radius 3 is 2.48 bits per heavy atom. The van der Waals surface area contributed by atoms with Gasteiger partial charge in [0.2, 0.25) is 10.0 Å². The van der Waals surface area contributed by atoms with Crippen LogP contribution >= 0.6 is 22.9 Å². The van der Waals surface area contributed by atoms with Gasteiger partial charge in [0.15, 0.2) is 5.13 Å². The Morgan fingerprint density at radius 2 is 1.85 bits per heavy atom.